The lowest BCUT2D eigenvalue weighted by Crippen LogP contribution is -2.30. The van der Waals surface area contributed by atoms with Crippen molar-refractivity contribution in [1.29, 1.82) is 0 Å². The highest BCUT2D eigenvalue weighted by molar-refractivity contribution is 7.89. The lowest BCUT2D eigenvalue weighted by atomic mass is 10.2. The second-order valence-corrected chi connectivity index (χ2v) is 8.01. The highest BCUT2D eigenvalue weighted by Gasteiger charge is 2.24. The van der Waals surface area contributed by atoms with E-state index < -0.39 is 15.6 Å². The summed E-state index contributed by atoms with van der Waals surface area (Å²) in [5.74, 6) is 1.27. The number of rotatable bonds is 5. The molecule has 1 aliphatic rings. The van der Waals surface area contributed by atoms with E-state index in [1.54, 1.807) is 25.1 Å². The number of fused-ring (bicyclic) bond motifs is 2. The molecule has 1 aliphatic heterocycles. The van der Waals surface area contributed by atoms with Crippen LogP contribution in [-0.2, 0) is 16.6 Å². The summed E-state index contributed by atoms with van der Waals surface area (Å²) >= 11 is 0. The zero-order chi connectivity index (χ0) is 19.0. The van der Waals surface area contributed by atoms with E-state index in [0.29, 0.717) is 29.0 Å². The Hall–Kier alpha value is -2.84. The molecule has 3 aromatic rings. The summed E-state index contributed by atoms with van der Waals surface area (Å²) < 4.78 is 43.3. The second kappa shape index (κ2) is 6.71. The van der Waals surface area contributed by atoms with Gasteiger partial charge in [-0.3, -0.25) is 0 Å². The van der Waals surface area contributed by atoms with Crippen LogP contribution in [0.25, 0.3) is 11.0 Å². The molecule has 2 heterocycles. The molecule has 0 radical (unpaired) electrons. The standard InChI is InChI=1S/C19H17NO6S/c1-2-20(11-13-3-6-17-18(9-13)25-12-24-17)27(22,23)15-5-7-16-14(10-15)4-8-19(21)26-16/h3-10H,2,11-12H2,1H3. The second-order valence-electron chi connectivity index (χ2n) is 6.07. The van der Waals surface area contributed by atoms with Gasteiger partial charge in [-0.2, -0.15) is 4.31 Å². The van der Waals surface area contributed by atoms with Gasteiger partial charge < -0.3 is 13.9 Å². The lowest BCUT2D eigenvalue weighted by Gasteiger charge is -2.21. The first kappa shape index (κ1) is 17.6. The maximum atomic E-state index is 13.1. The first-order chi connectivity index (χ1) is 13.0. The van der Waals surface area contributed by atoms with Crippen LogP contribution >= 0.6 is 0 Å². The van der Waals surface area contributed by atoms with Crippen molar-refractivity contribution in [1.82, 2.24) is 4.31 Å². The van der Waals surface area contributed by atoms with Crippen LogP contribution in [0.15, 0.2) is 62.6 Å². The van der Waals surface area contributed by atoms with Gasteiger partial charge in [-0.05, 0) is 42.0 Å². The monoisotopic (exact) mass is 387 g/mol. The van der Waals surface area contributed by atoms with Crippen molar-refractivity contribution in [3.63, 3.8) is 0 Å². The van der Waals surface area contributed by atoms with Gasteiger partial charge in [0.05, 0.1) is 4.90 Å². The summed E-state index contributed by atoms with van der Waals surface area (Å²) in [5, 5.41) is 0.551. The van der Waals surface area contributed by atoms with Crippen molar-refractivity contribution < 1.29 is 22.3 Å². The van der Waals surface area contributed by atoms with Crippen LogP contribution in [0.4, 0.5) is 0 Å². The molecule has 27 heavy (non-hydrogen) atoms. The highest BCUT2D eigenvalue weighted by Crippen LogP contribution is 2.33. The molecule has 0 bridgehead atoms. The fraction of sp³-hybridized carbons (Fsp3) is 0.211. The Morgan fingerprint density at radius 3 is 2.63 bits per heavy atom. The first-order valence-electron chi connectivity index (χ1n) is 8.40. The van der Waals surface area contributed by atoms with Crippen molar-refractivity contribution >= 4 is 21.0 Å². The maximum Gasteiger partial charge on any atom is 0.336 e. The molecule has 0 saturated heterocycles. The van der Waals surface area contributed by atoms with E-state index in [0.717, 1.165) is 5.56 Å². The van der Waals surface area contributed by atoms with Crippen molar-refractivity contribution in [2.24, 2.45) is 0 Å². The SMILES string of the molecule is CCN(Cc1ccc2c(c1)OCO2)S(=O)(=O)c1ccc2oc(=O)ccc2c1. The van der Waals surface area contributed by atoms with Crippen molar-refractivity contribution in [3.05, 3.63) is 64.5 Å². The largest absolute Gasteiger partial charge is 0.454 e. The highest BCUT2D eigenvalue weighted by atomic mass is 32.2. The fourth-order valence-electron chi connectivity index (χ4n) is 2.97. The van der Waals surface area contributed by atoms with Crippen LogP contribution in [0.1, 0.15) is 12.5 Å². The zero-order valence-electron chi connectivity index (χ0n) is 14.5. The molecule has 0 saturated carbocycles. The smallest absolute Gasteiger partial charge is 0.336 e. The Morgan fingerprint density at radius 2 is 1.81 bits per heavy atom. The van der Waals surface area contributed by atoms with E-state index in [1.807, 2.05) is 6.07 Å². The Kier molecular flexibility index (Phi) is 4.37. The average molecular weight is 387 g/mol. The van der Waals surface area contributed by atoms with Gasteiger partial charge in [0.2, 0.25) is 16.8 Å². The minimum Gasteiger partial charge on any atom is -0.454 e. The van der Waals surface area contributed by atoms with Crippen LogP contribution in [0, 0.1) is 0 Å². The molecule has 4 rings (SSSR count). The third-order valence-corrected chi connectivity index (χ3v) is 6.29. The molecule has 0 fully saturated rings. The number of sulfonamides is 1. The zero-order valence-corrected chi connectivity index (χ0v) is 15.4. The molecule has 0 aliphatic carbocycles. The molecule has 0 spiro atoms. The van der Waals surface area contributed by atoms with E-state index in [9.17, 15) is 13.2 Å². The molecule has 0 amide bonds. The third-order valence-electron chi connectivity index (χ3n) is 4.38. The molecule has 2 aromatic carbocycles. The summed E-state index contributed by atoms with van der Waals surface area (Å²) in [6.07, 6.45) is 0. The summed E-state index contributed by atoms with van der Waals surface area (Å²) in [7, 11) is -3.72. The summed E-state index contributed by atoms with van der Waals surface area (Å²) in [6, 6.07) is 12.7. The number of nitrogens with zero attached hydrogens (tertiary/aromatic N) is 1. The average Bonchev–Trinajstić information content (AvgIpc) is 3.13. The Balaban J connectivity index is 1.66. The van der Waals surface area contributed by atoms with Gasteiger partial charge >= 0.3 is 5.63 Å². The molecule has 0 N–H and O–H groups in total. The van der Waals surface area contributed by atoms with Gasteiger partial charge in [-0.1, -0.05) is 13.0 Å². The third kappa shape index (κ3) is 3.29. The van der Waals surface area contributed by atoms with Gasteiger partial charge in [-0.25, -0.2) is 13.2 Å². The molecular weight excluding hydrogens is 370 g/mol. The lowest BCUT2D eigenvalue weighted by molar-refractivity contribution is 0.174. The number of hydrogen-bond donors (Lipinski definition) is 0. The summed E-state index contributed by atoms with van der Waals surface area (Å²) in [4.78, 5) is 11.4. The van der Waals surface area contributed by atoms with E-state index in [1.165, 1.54) is 28.6 Å². The molecule has 1 aromatic heterocycles. The number of ether oxygens (including phenoxy) is 2. The Bertz CT molecular complexity index is 1170. The summed E-state index contributed by atoms with van der Waals surface area (Å²) in [6.45, 7) is 2.46. The van der Waals surface area contributed by atoms with Crippen molar-refractivity contribution in [2.75, 3.05) is 13.3 Å². The van der Waals surface area contributed by atoms with Gasteiger partial charge in [0.1, 0.15) is 5.58 Å². The summed E-state index contributed by atoms with van der Waals surface area (Å²) in [5.41, 5.74) is 0.674. The van der Waals surface area contributed by atoms with E-state index >= 15 is 0 Å². The van der Waals surface area contributed by atoms with Crippen LogP contribution in [0.2, 0.25) is 0 Å². The van der Waals surface area contributed by atoms with Crippen LogP contribution in [0.3, 0.4) is 0 Å². The van der Waals surface area contributed by atoms with Crippen molar-refractivity contribution in [3.8, 4) is 11.5 Å². The molecule has 7 nitrogen and oxygen atoms in total. The normalized spacial score (nSPS) is 13.4. The number of benzene rings is 2. The van der Waals surface area contributed by atoms with Crippen LogP contribution < -0.4 is 15.1 Å². The quantitative estimate of drug-likeness (QED) is 0.626. The van der Waals surface area contributed by atoms with Gasteiger partial charge in [0.15, 0.2) is 11.5 Å². The predicted molar refractivity (Wildman–Crippen MR) is 98.3 cm³/mol. The van der Waals surface area contributed by atoms with E-state index in [2.05, 4.69) is 0 Å². The van der Waals surface area contributed by atoms with Gasteiger partial charge in [0, 0.05) is 24.5 Å². The Labute approximate surface area is 155 Å². The minimum absolute atomic E-state index is 0.145. The minimum atomic E-state index is -3.72. The van der Waals surface area contributed by atoms with Crippen molar-refractivity contribution in [2.45, 2.75) is 18.4 Å². The first-order valence-corrected chi connectivity index (χ1v) is 9.84. The molecule has 0 unspecified atom stereocenters. The predicted octanol–water partition coefficient (Wildman–Crippen LogP) is 2.73. The van der Waals surface area contributed by atoms with E-state index in [-0.39, 0.29) is 18.2 Å². The molecular formula is C19H17NO6S. The fourth-order valence-corrected chi connectivity index (χ4v) is 4.44. The molecule has 140 valence electrons. The number of hydrogen-bond acceptors (Lipinski definition) is 6. The topological polar surface area (TPSA) is 86.1 Å². The van der Waals surface area contributed by atoms with Gasteiger partial charge in [-0.15, -0.1) is 0 Å². The van der Waals surface area contributed by atoms with Crippen LogP contribution in [-0.4, -0.2) is 26.1 Å². The molecule has 0 atom stereocenters. The maximum absolute atomic E-state index is 13.1. The van der Waals surface area contributed by atoms with E-state index in [4.69, 9.17) is 13.9 Å². The molecule has 8 heteroatoms. The van der Waals surface area contributed by atoms with Gasteiger partial charge in [0.25, 0.3) is 0 Å². The van der Waals surface area contributed by atoms with Crippen LogP contribution in [0.5, 0.6) is 11.5 Å². The Morgan fingerprint density at radius 1 is 1.00 bits per heavy atom.